The molecule has 2 aromatic carbocycles. The maximum atomic E-state index is 13.4. The zero-order chi connectivity index (χ0) is 29.2. The highest BCUT2D eigenvalue weighted by atomic mass is 19.4. The molecule has 2 saturated heterocycles. The summed E-state index contributed by atoms with van der Waals surface area (Å²) in [4.78, 5) is 28.9. The zero-order valence-corrected chi connectivity index (χ0v) is 23.2. The van der Waals surface area contributed by atoms with Crippen molar-refractivity contribution in [3.8, 4) is 17.2 Å². The van der Waals surface area contributed by atoms with Gasteiger partial charge in [0.1, 0.15) is 5.75 Å². The van der Waals surface area contributed by atoms with Gasteiger partial charge in [0.25, 0.3) is 0 Å². The molecule has 0 bridgehead atoms. The van der Waals surface area contributed by atoms with Gasteiger partial charge in [-0.05, 0) is 62.0 Å². The van der Waals surface area contributed by atoms with Crippen molar-refractivity contribution in [1.82, 2.24) is 9.80 Å². The van der Waals surface area contributed by atoms with Crippen LogP contribution in [0.2, 0.25) is 0 Å². The highest BCUT2D eigenvalue weighted by Crippen LogP contribution is 2.47. The average molecular weight is 577 g/mol. The van der Waals surface area contributed by atoms with E-state index >= 15 is 0 Å². The first-order chi connectivity index (χ1) is 19.5. The van der Waals surface area contributed by atoms with E-state index in [9.17, 15) is 22.8 Å². The molecule has 8 nitrogen and oxygen atoms in total. The predicted octanol–water partition coefficient (Wildman–Crippen LogP) is 4.94. The van der Waals surface area contributed by atoms with Crippen LogP contribution in [0.15, 0.2) is 42.5 Å². The molecule has 5 rings (SSSR count). The summed E-state index contributed by atoms with van der Waals surface area (Å²) in [5.41, 5.74) is 0.917. The number of hydrogen-bond acceptors (Lipinski definition) is 7. The van der Waals surface area contributed by atoms with Gasteiger partial charge < -0.3 is 23.8 Å². The lowest BCUT2D eigenvalue weighted by Gasteiger charge is -2.43. The fraction of sp³-hybridized carbons (Fsp3) is 0.533. The Balaban J connectivity index is 1.28. The minimum absolute atomic E-state index is 0.0634. The van der Waals surface area contributed by atoms with Crippen molar-refractivity contribution in [2.24, 2.45) is 11.3 Å². The van der Waals surface area contributed by atoms with Crippen LogP contribution in [0.3, 0.4) is 0 Å². The summed E-state index contributed by atoms with van der Waals surface area (Å²) >= 11 is 0. The number of fused-ring (bicyclic) bond motifs is 1. The summed E-state index contributed by atoms with van der Waals surface area (Å²) in [6, 6.07) is 12.9. The Kier molecular flexibility index (Phi) is 8.35. The molecule has 3 aliphatic rings. The average Bonchev–Trinajstić information content (AvgIpc) is 3.53. The first-order valence-electron chi connectivity index (χ1n) is 13.9. The molecule has 0 aromatic heterocycles. The first-order valence-corrected chi connectivity index (χ1v) is 13.9. The van der Waals surface area contributed by atoms with Crippen molar-refractivity contribution in [2.45, 2.75) is 58.5 Å². The molecule has 3 heterocycles. The zero-order valence-electron chi connectivity index (χ0n) is 23.2. The van der Waals surface area contributed by atoms with E-state index < -0.39 is 29.7 Å². The number of ether oxygens (including phenoxy) is 4. The highest BCUT2D eigenvalue weighted by Gasteiger charge is 2.55. The number of esters is 1. The van der Waals surface area contributed by atoms with Crippen molar-refractivity contribution < 1.29 is 41.7 Å². The van der Waals surface area contributed by atoms with Crippen LogP contribution in [0.1, 0.15) is 44.2 Å². The van der Waals surface area contributed by atoms with Gasteiger partial charge in [0.2, 0.25) is 12.7 Å². The normalized spacial score (nSPS) is 20.0. The quantitative estimate of drug-likeness (QED) is 0.412. The Morgan fingerprint density at radius 3 is 2.46 bits per heavy atom. The van der Waals surface area contributed by atoms with Crippen molar-refractivity contribution in [1.29, 1.82) is 0 Å². The standard InChI is InChI=1S/C30H35F3N2O6/c1-20(2)18-38-23-6-4-3-5-22(23)17-34-12-9-29(10-13-34)11-14-35(27(29)41-28(37)30(31,32)33)26(36)16-21-7-8-24-25(15-21)40-19-39-24/h3-8,15,20,27H,9-14,16-19H2,1-2H3. The predicted molar refractivity (Wildman–Crippen MR) is 142 cm³/mol. The van der Waals surface area contributed by atoms with Crippen LogP contribution in [-0.4, -0.2) is 67.1 Å². The molecular weight excluding hydrogens is 541 g/mol. The van der Waals surface area contributed by atoms with Crippen LogP contribution in [0.25, 0.3) is 0 Å². The molecule has 3 aliphatic heterocycles. The lowest BCUT2D eigenvalue weighted by atomic mass is 9.76. The van der Waals surface area contributed by atoms with Crippen LogP contribution in [-0.2, 0) is 27.3 Å². The topological polar surface area (TPSA) is 77.5 Å². The number of amides is 1. The van der Waals surface area contributed by atoms with Crippen LogP contribution in [0.4, 0.5) is 13.2 Å². The number of halogens is 3. The Hall–Kier alpha value is -3.47. The largest absolute Gasteiger partial charge is 0.493 e. The van der Waals surface area contributed by atoms with E-state index in [2.05, 4.69) is 18.7 Å². The molecule has 2 fully saturated rings. The van der Waals surface area contributed by atoms with Crippen molar-refractivity contribution in [2.75, 3.05) is 33.0 Å². The van der Waals surface area contributed by atoms with Gasteiger partial charge >= 0.3 is 12.1 Å². The molecule has 11 heteroatoms. The summed E-state index contributed by atoms with van der Waals surface area (Å²) in [6.07, 6.45) is -5.07. The van der Waals surface area contributed by atoms with Crippen molar-refractivity contribution in [3.05, 3.63) is 53.6 Å². The van der Waals surface area contributed by atoms with Crippen LogP contribution in [0.5, 0.6) is 17.2 Å². The smallest absolute Gasteiger partial charge is 0.491 e. The molecule has 222 valence electrons. The third-order valence-electron chi connectivity index (χ3n) is 8.01. The second kappa shape index (κ2) is 11.8. The summed E-state index contributed by atoms with van der Waals surface area (Å²) in [6.45, 7) is 6.87. The minimum Gasteiger partial charge on any atom is -0.493 e. The third-order valence-corrected chi connectivity index (χ3v) is 8.01. The summed E-state index contributed by atoms with van der Waals surface area (Å²) in [7, 11) is 0. The number of rotatable bonds is 8. The molecule has 2 aromatic rings. The number of nitrogens with zero attached hydrogens (tertiary/aromatic N) is 2. The molecule has 1 spiro atoms. The second-order valence-corrected chi connectivity index (χ2v) is 11.4. The van der Waals surface area contributed by atoms with E-state index in [1.165, 1.54) is 4.90 Å². The third kappa shape index (κ3) is 6.55. The van der Waals surface area contributed by atoms with E-state index in [4.69, 9.17) is 18.9 Å². The SMILES string of the molecule is CC(C)COc1ccccc1CN1CCC2(CC1)CCN(C(=O)Cc1ccc3c(c1)OCO3)C2OC(=O)C(F)(F)F. The highest BCUT2D eigenvalue weighted by molar-refractivity contribution is 5.81. The van der Waals surface area contributed by atoms with Gasteiger partial charge in [0.05, 0.1) is 13.0 Å². The number of carbonyl (C=O) groups excluding carboxylic acids is 2. The molecule has 1 atom stereocenters. The van der Waals surface area contributed by atoms with Gasteiger partial charge in [-0.25, -0.2) is 4.79 Å². The van der Waals surface area contributed by atoms with Gasteiger partial charge in [-0.1, -0.05) is 38.1 Å². The van der Waals surface area contributed by atoms with E-state index in [1.807, 2.05) is 24.3 Å². The lowest BCUT2D eigenvalue weighted by Crippen LogP contribution is -2.51. The van der Waals surface area contributed by atoms with E-state index in [-0.39, 0.29) is 19.8 Å². The van der Waals surface area contributed by atoms with E-state index in [1.54, 1.807) is 18.2 Å². The maximum absolute atomic E-state index is 13.4. The number of para-hydroxylation sites is 1. The molecule has 0 aliphatic carbocycles. The summed E-state index contributed by atoms with van der Waals surface area (Å²) in [5, 5.41) is 0. The van der Waals surface area contributed by atoms with Crippen LogP contribution >= 0.6 is 0 Å². The molecule has 41 heavy (non-hydrogen) atoms. The second-order valence-electron chi connectivity index (χ2n) is 11.4. The minimum atomic E-state index is -5.16. The fourth-order valence-electron chi connectivity index (χ4n) is 5.78. The molecule has 1 amide bonds. The van der Waals surface area contributed by atoms with Gasteiger partial charge in [0, 0.05) is 24.1 Å². The Labute approximate surface area is 237 Å². The maximum Gasteiger partial charge on any atom is 0.491 e. The Morgan fingerprint density at radius 1 is 1.02 bits per heavy atom. The van der Waals surface area contributed by atoms with Gasteiger partial charge in [-0.3, -0.25) is 9.69 Å². The summed E-state index contributed by atoms with van der Waals surface area (Å²) in [5.74, 6) is -0.398. The van der Waals surface area contributed by atoms with Gasteiger partial charge in [-0.2, -0.15) is 13.2 Å². The number of likely N-dealkylation sites (tertiary alicyclic amines) is 2. The number of benzene rings is 2. The summed E-state index contributed by atoms with van der Waals surface area (Å²) < 4.78 is 61.6. The van der Waals surface area contributed by atoms with Crippen LogP contribution in [0, 0.1) is 11.3 Å². The van der Waals surface area contributed by atoms with Crippen LogP contribution < -0.4 is 14.2 Å². The monoisotopic (exact) mass is 576 g/mol. The van der Waals surface area contributed by atoms with E-state index in [0.717, 1.165) is 11.3 Å². The molecule has 0 saturated carbocycles. The first kappa shape index (κ1) is 29.0. The molecule has 0 radical (unpaired) electrons. The lowest BCUT2D eigenvalue weighted by molar-refractivity contribution is -0.219. The molecule has 1 unspecified atom stereocenters. The molecular formula is C30H35F3N2O6. The number of alkyl halides is 3. The Bertz CT molecular complexity index is 1260. The number of piperidine rings is 1. The van der Waals surface area contributed by atoms with Crippen molar-refractivity contribution >= 4 is 11.9 Å². The molecule has 0 N–H and O–H groups in total. The Morgan fingerprint density at radius 2 is 1.73 bits per heavy atom. The number of carbonyl (C=O) groups is 2. The van der Waals surface area contributed by atoms with E-state index in [0.29, 0.717) is 68.5 Å². The van der Waals surface area contributed by atoms with Gasteiger partial charge in [-0.15, -0.1) is 0 Å². The number of hydrogen-bond donors (Lipinski definition) is 0. The van der Waals surface area contributed by atoms with Gasteiger partial charge in [0.15, 0.2) is 17.7 Å². The fourth-order valence-corrected chi connectivity index (χ4v) is 5.78. The van der Waals surface area contributed by atoms with Crippen molar-refractivity contribution in [3.63, 3.8) is 0 Å².